The molecule has 20 heavy (non-hydrogen) atoms. The maximum atomic E-state index is 13.2. The summed E-state index contributed by atoms with van der Waals surface area (Å²) in [5.74, 6) is -1.67. The van der Waals surface area contributed by atoms with E-state index in [4.69, 9.17) is 0 Å². The zero-order valence-corrected chi connectivity index (χ0v) is 10.0. The number of hydrogen-bond acceptors (Lipinski definition) is 1. The Labute approximate surface area is 112 Å². The molecular formula is C14H9F4NO. The van der Waals surface area contributed by atoms with Crippen LogP contribution in [0.5, 0.6) is 0 Å². The van der Waals surface area contributed by atoms with Crippen LogP contribution in [0.3, 0.4) is 0 Å². The van der Waals surface area contributed by atoms with Gasteiger partial charge in [0.1, 0.15) is 5.82 Å². The molecule has 2 rings (SSSR count). The van der Waals surface area contributed by atoms with Gasteiger partial charge in [-0.25, -0.2) is 4.39 Å². The van der Waals surface area contributed by atoms with Crippen LogP contribution in [0.2, 0.25) is 0 Å². The number of carbonyl (C=O) groups is 1. The minimum absolute atomic E-state index is 0.244. The Kier molecular flexibility index (Phi) is 3.74. The van der Waals surface area contributed by atoms with Crippen LogP contribution >= 0.6 is 0 Å². The summed E-state index contributed by atoms with van der Waals surface area (Å²) in [5.41, 5.74) is -1.13. The lowest BCUT2D eigenvalue weighted by molar-refractivity contribution is -0.137. The molecule has 0 saturated carbocycles. The van der Waals surface area contributed by atoms with Crippen molar-refractivity contribution >= 4 is 11.6 Å². The number of benzene rings is 2. The summed E-state index contributed by atoms with van der Waals surface area (Å²) in [4.78, 5) is 11.8. The quantitative estimate of drug-likeness (QED) is 0.826. The maximum absolute atomic E-state index is 13.2. The van der Waals surface area contributed by atoms with E-state index in [1.807, 2.05) is 0 Å². The molecule has 0 fully saturated rings. The minimum atomic E-state index is -4.67. The Morgan fingerprint density at radius 3 is 2.25 bits per heavy atom. The largest absolute Gasteiger partial charge is 0.416 e. The summed E-state index contributed by atoms with van der Waals surface area (Å²) >= 11 is 0. The molecule has 0 aliphatic rings. The third-order valence-electron chi connectivity index (χ3n) is 2.52. The topological polar surface area (TPSA) is 29.1 Å². The number of anilines is 1. The number of carbonyl (C=O) groups excluding carboxylic acids is 1. The van der Waals surface area contributed by atoms with E-state index in [1.165, 1.54) is 12.1 Å². The molecule has 0 atom stereocenters. The van der Waals surface area contributed by atoms with Crippen LogP contribution < -0.4 is 5.32 Å². The zero-order chi connectivity index (χ0) is 14.8. The first kappa shape index (κ1) is 14.0. The van der Waals surface area contributed by atoms with Gasteiger partial charge < -0.3 is 5.32 Å². The highest BCUT2D eigenvalue weighted by Gasteiger charge is 2.31. The van der Waals surface area contributed by atoms with Gasteiger partial charge in [-0.2, -0.15) is 13.2 Å². The standard InChI is InChI=1S/C14H9F4NO/c15-11-6-10(14(16,17)18)7-12(8-11)19-13(20)9-4-2-1-3-5-9/h1-8H,(H,19,20). The van der Waals surface area contributed by atoms with Crippen LogP contribution in [0.1, 0.15) is 15.9 Å². The van der Waals surface area contributed by atoms with E-state index in [0.29, 0.717) is 12.1 Å². The van der Waals surface area contributed by atoms with Gasteiger partial charge in [-0.15, -0.1) is 0 Å². The molecule has 1 N–H and O–H groups in total. The molecule has 0 unspecified atom stereocenters. The Balaban J connectivity index is 2.26. The number of hydrogen-bond donors (Lipinski definition) is 1. The number of amides is 1. The molecule has 0 radical (unpaired) electrons. The van der Waals surface area contributed by atoms with Gasteiger partial charge in [0.05, 0.1) is 5.56 Å². The molecule has 104 valence electrons. The van der Waals surface area contributed by atoms with Crippen molar-refractivity contribution in [2.75, 3.05) is 5.32 Å². The lowest BCUT2D eigenvalue weighted by atomic mass is 10.1. The van der Waals surface area contributed by atoms with Crippen molar-refractivity contribution in [2.24, 2.45) is 0 Å². The van der Waals surface area contributed by atoms with Crippen molar-refractivity contribution in [1.82, 2.24) is 0 Å². The molecule has 0 saturated heterocycles. The monoisotopic (exact) mass is 283 g/mol. The Bertz CT molecular complexity index is 623. The first-order valence-electron chi connectivity index (χ1n) is 5.60. The highest BCUT2D eigenvalue weighted by molar-refractivity contribution is 6.04. The minimum Gasteiger partial charge on any atom is -0.322 e. The van der Waals surface area contributed by atoms with Crippen LogP contribution in [-0.2, 0) is 6.18 Å². The molecule has 0 spiro atoms. The van der Waals surface area contributed by atoms with E-state index >= 15 is 0 Å². The van der Waals surface area contributed by atoms with Gasteiger partial charge in [0.25, 0.3) is 5.91 Å². The fourth-order valence-electron chi connectivity index (χ4n) is 1.62. The molecule has 0 aliphatic heterocycles. The maximum Gasteiger partial charge on any atom is 0.416 e. The van der Waals surface area contributed by atoms with Crippen molar-refractivity contribution in [3.8, 4) is 0 Å². The van der Waals surface area contributed by atoms with Gasteiger partial charge in [0.15, 0.2) is 0 Å². The van der Waals surface area contributed by atoms with Gasteiger partial charge in [-0.3, -0.25) is 4.79 Å². The van der Waals surface area contributed by atoms with Gasteiger partial charge in [-0.05, 0) is 30.3 Å². The van der Waals surface area contributed by atoms with Crippen LogP contribution in [0.4, 0.5) is 23.2 Å². The van der Waals surface area contributed by atoms with E-state index in [9.17, 15) is 22.4 Å². The van der Waals surface area contributed by atoms with Crippen molar-refractivity contribution < 1.29 is 22.4 Å². The number of alkyl halides is 3. The first-order valence-corrected chi connectivity index (χ1v) is 5.60. The average molecular weight is 283 g/mol. The summed E-state index contributed by atoms with van der Waals surface area (Å²) in [5, 5.41) is 2.23. The second-order valence-corrected chi connectivity index (χ2v) is 4.05. The Morgan fingerprint density at radius 1 is 1.00 bits per heavy atom. The average Bonchev–Trinajstić information content (AvgIpc) is 2.38. The normalized spacial score (nSPS) is 11.2. The molecule has 0 aromatic heterocycles. The smallest absolute Gasteiger partial charge is 0.322 e. The predicted molar refractivity (Wildman–Crippen MR) is 65.8 cm³/mol. The highest BCUT2D eigenvalue weighted by atomic mass is 19.4. The van der Waals surface area contributed by atoms with Crippen LogP contribution in [0, 0.1) is 5.82 Å². The lowest BCUT2D eigenvalue weighted by Gasteiger charge is -2.10. The van der Waals surface area contributed by atoms with Gasteiger partial charge in [-0.1, -0.05) is 18.2 Å². The summed E-state index contributed by atoms with van der Waals surface area (Å²) in [6.45, 7) is 0. The van der Waals surface area contributed by atoms with Crippen LogP contribution in [0.25, 0.3) is 0 Å². The van der Waals surface area contributed by atoms with Crippen molar-refractivity contribution in [2.45, 2.75) is 6.18 Å². The van der Waals surface area contributed by atoms with Gasteiger partial charge in [0.2, 0.25) is 0 Å². The van der Waals surface area contributed by atoms with Crippen molar-refractivity contribution in [1.29, 1.82) is 0 Å². The Morgan fingerprint density at radius 2 is 1.65 bits per heavy atom. The molecular weight excluding hydrogens is 274 g/mol. The molecule has 0 aliphatic carbocycles. The molecule has 6 heteroatoms. The molecule has 0 heterocycles. The highest BCUT2D eigenvalue weighted by Crippen LogP contribution is 2.31. The molecule has 1 amide bonds. The van der Waals surface area contributed by atoms with Crippen LogP contribution in [-0.4, -0.2) is 5.91 Å². The Hall–Kier alpha value is -2.37. The molecule has 2 aromatic rings. The molecule has 0 bridgehead atoms. The number of nitrogens with one attached hydrogen (secondary N) is 1. The van der Waals surface area contributed by atoms with Gasteiger partial charge in [0, 0.05) is 11.3 Å². The zero-order valence-electron chi connectivity index (χ0n) is 10.0. The third-order valence-corrected chi connectivity index (χ3v) is 2.52. The summed E-state index contributed by atoms with van der Waals surface area (Å²) in [6, 6.07) is 9.81. The van der Waals surface area contributed by atoms with E-state index < -0.39 is 23.5 Å². The van der Waals surface area contributed by atoms with Crippen LogP contribution in [0.15, 0.2) is 48.5 Å². The second kappa shape index (κ2) is 5.32. The fourth-order valence-corrected chi connectivity index (χ4v) is 1.62. The fraction of sp³-hybridized carbons (Fsp3) is 0.0714. The SMILES string of the molecule is O=C(Nc1cc(F)cc(C(F)(F)F)c1)c1ccccc1. The molecule has 2 nitrogen and oxygen atoms in total. The molecule has 2 aromatic carbocycles. The van der Waals surface area contributed by atoms with E-state index in [1.54, 1.807) is 18.2 Å². The number of halogens is 4. The predicted octanol–water partition coefficient (Wildman–Crippen LogP) is 4.10. The van der Waals surface area contributed by atoms with E-state index in [0.717, 1.165) is 6.07 Å². The van der Waals surface area contributed by atoms with Gasteiger partial charge >= 0.3 is 6.18 Å². The summed E-state index contributed by atoms with van der Waals surface area (Å²) in [6.07, 6.45) is -4.67. The first-order chi connectivity index (χ1) is 9.36. The summed E-state index contributed by atoms with van der Waals surface area (Å²) < 4.78 is 50.7. The lowest BCUT2D eigenvalue weighted by Crippen LogP contribution is -2.13. The second-order valence-electron chi connectivity index (χ2n) is 4.05. The third kappa shape index (κ3) is 3.34. The van der Waals surface area contributed by atoms with Crippen molar-refractivity contribution in [3.63, 3.8) is 0 Å². The van der Waals surface area contributed by atoms with E-state index in [-0.39, 0.29) is 11.3 Å². The number of rotatable bonds is 2. The van der Waals surface area contributed by atoms with Crippen molar-refractivity contribution in [3.05, 3.63) is 65.5 Å². The van der Waals surface area contributed by atoms with E-state index in [2.05, 4.69) is 5.32 Å². The summed E-state index contributed by atoms with van der Waals surface area (Å²) in [7, 11) is 0.